The first-order valence-electron chi connectivity index (χ1n) is 9.56. The summed E-state index contributed by atoms with van der Waals surface area (Å²) in [6.45, 7) is 1.14. The Morgan fingerprint density at radius 2 is 1.70 bits per heavy atom. The predicted octanol–water partition coefficient (Wildman–Crippen LogP) is 4.17. The molecule has 0 heterocycles. The molecular formula is C19H24F3O7S-. The van der Waals surface area contributed by atoms with Gasteiger partial charge in [0.15, 0.2) is 11.5 Å². The normalized spacial score (nSPS) is 17.5. The smallest absolute Gasteiger partial charge is 0.573 e. The number of benzene rings is 1. The fraction of sp³-hybridized carbons (Fsp3) is 0.632. The summed E-state index contributed by atoms with van der Waals surface area (Å²) in [6, 6.07) is 3.05. The number of alkyl halides is 3. The Hall–Kier alpha value is -2.01. The van der Waals surface area contributed by atoms with Crippen molar-refractivity contribution in [2.45, 2.75) is 63.8 Å². The van der Waals surface area contributed by atoms with Crippen molar-refractivity contribution >= 4 is 16.1 Å². The molecule has 30 heavy (non-hydrogen) atoms. The van der Waals surface area contributed by atoms with Gasteiger partial charge in [-0.1, -0.05) is 19.3 Å². The van der Waals surface area contributed by atoms with Gasteiger partial charge in [-0.15, -0.1) is 13.2 Å². The molecule has 0 N–H and O–H groups in total. The Balaban J connectivity index is 2.24. The van der Waals surface area contributed by atoms with Crippen molar-refractivity contribution in [1.82, 2.24) is 0 Å². The molecule has 0 saturated heterocycles. The van der Waals surface area contributed by atoms with Crippen LogP contribution in [0.2, 0.25) is 0 Å². The lowest BCUT2D eigenvalue weighted by Gasteiger charge is -2.33. The van der Waals surface area contributed by atoms with Crippen molar-refractivity contribution in [3.05, 3.63) is 23.8 Å². The van der Waals surface area contributed by atoms with Gasteiger partial charge in [0.1, 0.15) is 12.2 Å². The fourth-order valence-electron chi connectivity index (χ4n) is 3.26. The highest BCUT2D eigenvalue weighted by molar-refractivity contribution is 7.85. The van der Waals surface area contributed by atoms with Crippen molar-refractivity contribution in [2.24, 2.45) is 0 Å². The van der Waals surface area contributed by atoms with Crippen molar-refractivity contribution in [1.29, 1.82) is 0 Å². The predicted molar refractivity (Wildman–Crippen MR) is 99.3 cm³/mol. The van der Waals surface area contributed by atoms with Crippen molar-refractivity contribution in [2.75, 3.05) is 12.4 Å². The zero-order valence-corrected chi connectivity index (χ0v) is 17.3. The zero-order valence-electron chi connectivity index (χ0n) is 16.5. The van der Waals surface area contributed by atoms with Crippen LogP contribution in [0.4, 0.5) is 13.2 Å². The zero-order chi connectivity index (χ0) is 22.4. The third kappa shape index (κ3) is 8.39. The van der Waals surface area contributed by atoms with Gasteiger partial charge >= 0.3 is 12.3 Å². The third-order valence-corrected chi connectivity index (χ3v) is 5.41. The lowest BCUT2D eigenvalue weighted by molar-refractivity contribution is -0.275. The summed E-state index contributed by atoms with van der Waals surface area (Å²) in [7, 11) is -4.57. The molecule has 0 atom stereocenters. The number of hydrogen-bond donors (Lipinski definition) is 0. The molecule has 1 fully saturated rings. The molecule has 1 aromatic carbocycles. The van der Waals surface area contributed by atoms with Crippen LogP contribution >= 0.6 is 0 Å². The van der Waals surface area contributed by atoms with Crippen LogP contribution in [-0.4, -0.2) is 43.3 Å². The number of ether oxygens (including phenoxy) is 3. The molecule has 1 aliphatic rings. The van der Waals surface area contributed by atoms with E-state index in [9.17, 15) is 30.9 Å². The first kappa shape index (κ1) is 24.3. The Kier molecular flexibility index (Phi) is 7.98. The quantitative estimate of drug-likeness (QED) is 0.451. The Morgan fingerprint density at radius 1 is 1.10 bits per heavy atom. The molecule has 0 aliphatic heterocycles. The average molecular weight is 453 g/mol. The second-order valence-corrected chi connectivity index (χ2v) is 8.95. The van der Waals surface area contributed by atoms with Crippen LogP contribution in [0.1, 0.15) is 62.2 Å². The van der Waals surface area contributed by atoms with Crippen molar-refractivity contribution in [3.8, 4) is 11.5 Å². The third-order valence-electron chi connectivity index (χ3n) is 4.74. The van der Waals surface area contributed by atoms with Gasteiger partial charge in [0.2, 0.25) is 0 Å². The summed E-state index contributed by atoms with van der Waals surface area (Å²) >= 11 is 0. The minimum absolute atomic E-state index is 0.155. The summed E-state index contributed by atoms with van der Waals surface area (Å²) < 4.78 is 84.9. The molecule has 1 aromatic rings. The minimum Gasteiger partial charge on any atom is -0.748 e. The summed E-state index contributed by atoms with van der Waals surface area (Å²) in [5.74, 6) is -2.76. The molecule has 170 valence electrons. The average Bonchev–Trinajstić information content (AvgIpc) is 2.58. The summed E-state index contributed by atoms with van der Waals surface area (Å²) in [4.78, 5) is 12.1. The van der Waals surface area contributed by atoms with Crippen LogP contribution in [0.5, 0.6) is 11.5 Å². The van der Waals surface area contributed by atoms with E-state index in [-0.39, 0.29) is 11.3 Å². The van der Waals surface area contributed by atoms with E-state index in [1.807, 2.05) is 0 Å². The van der Waals surface area contributed by atoms with Crippen molar-refractivity contribution < 1.29 is 45.1 Å². The van der Waals surface area contributed by atoms with Crippen molar-refractivity contribution in [3.63, 3.8) is 0 Å². The SMILES string of the molecule is CC1(Oc2cc(C(=O)OCCS(=O)(=O)[O-])ccc2OC(F)(F)F)CCCCCCC1. The maximum Gasteiger partial charge on any atom is 0.573 e. The van der Waals surface area contributed by atoms with Gasteiger partial charge in [0, 0.05) is 0 Å². The minimum atomic E-state index is -4.95. The van der Waals surface area contributed by atoms with E-state index in [1.54, 1.807) is 6.92 Å². The second kappa shape index (κ2) is 9.86. The van der Waals surface area contributed by atoms with Gasteiger partial charge in [0.25, 0.3) is 0 Å². The molecule has 0 unspecified atom stereocenters. The first-order valence-corrected chi connectivity index (χ1v) is 11.1. The van der Waals surface area contributed by atoms with Crippen LogP contribution < -0.4 is 9.47 Å². The molecule has 0 aromatic heterocycles. The highest BCUT2D eigenvalue weighted by Crippen LogP contribution is 2.38. The van der Waals surface area contributed by atoms with Crippen LogP contribution in [0.15, 0.2) is 18.2 Å². The molecule has 1 aliphatic carbocycles. The van der Waals surface area contributed by atoms with Gasteiger partial charge in [-0.2, -0.15) is 0 Å². The van der Waals surface area contributed by atoms with E-state index in [2.05, 4.69) is 4.74 Å². The Bertz CT molecular complexity index is 829. The van der Waals surface area contributed by atoms with E-state index in [4.69, 9.17) is 9.47 Å². The van der Waals surface area contributed by atoms with E-state index in [1.165, 1.54) is 0 Å². The van der Waals surface area contributed by atoms with Gasteiger partial charge < -0.3 is 18.8 Å². The molecular weight excluding hydrogens is 429 g/mol. The molecule has 2 rings (SSSR count). The number of carbonyl (C=O) groups excluding carboxylic acids is 1. The molecule has 0 amide bonds. The van der Waals surface area contributed by atoms with Crippen LogP contribution in [0, 0.1) is 0 Å². The maximum atomic E-state index is 12.8. The first-order chi connectivity index (χ1) is 13.9. The monoisotopic (exact) mass is 453 g/mol. The molecule has 0 bridgehead atoms. The highest BCUT2D eigenvalue weighted by atomic mass is 32.2. The molecule has 7 nitrogen and oxygen atoms in total. The fourth-order valence-corrected chi connectivity index (χ4v) is 3.55. The number of halogens is 3. The second-order valence-electron chi connectivity index (χ2n) is 7.43. The van der Waals surface area contributed by atoms with E-state index >= 15 is 0 Å². The number of rotatable bonds is 7. The number of esters is 1. The molecule has 0 radical (unpaired) electrons. The Morgan fingerprint density at radius 3 is 2.27 bits per heavy atom. The molecule has 0 spiro atoms. The van der Waals surface area contributed by atoms with Gasteiger partial charge in [-0.3, -0.25) is 0 Å². The van der Waals surface area contributed by atoms with E-state index in [0.29, 0.717) is 12.8 Å². The van der Waals surface area contributed by atoms with Crippen LogP contribution in [-0.2, 0) is 14.9 Å². The summed E-state index contributed by atoms with van der Waals surface area (Å²) in [5.41, 5.74) is -0.888. The summed E-state index contributed by atoms with van der Waals surface area (Å²) in [6.07, 6.45) is 1.13. The molecule has 1 saturated carbocycles. The lowest BCUT2D eigenvalue weighted by atomic mass is 9.88. The van der Waals surface area contributed by atoms with Gasteiger partial charge in [-0.25, -0.2) is 13.2 Å². The Labute approximate surface area is 173 Å². The van der Waals surface area contributed by atoms with Crippen LogP contribution in [0.25, 0.3) is 0 Å². The van der Waals surface area contributed by atoms with E-state index < -0.39 is 46.2 Å². The summed E-state index contributed by atoms with van der Waals surface area (Å²) in [5, 5.41) is 0. The number of carbonyl (C=O) groups is 1. The van der Waals surface area contributed by atoms with Gasteiger partial charge in [-0.05, 0) is 50.8 Å². The standard InChI is InChI=1S/C19H25F3O7S/c1-18(9-5-3-2-4-6-10-18)28-16-13-14(7-8-15(16)29-19(20,21)22)17(23)27-11-12-30(24,25)26/h7-8,13H,2-6,9-12H2,1H3,(H,24,25,26)/p-1. The lowest BCUT2D eigenvalue weighted by Crippen LogP contribution is -2.33. The van der Waals surface area contributed by atoms with Gasteiger partial charge in [0.05, 0.1) is 21.4 Å². The topological polar surface area (TPSA) is 102 Å². The van der Waals surface area contributed by atoms with Crippen LogP contribution in [0.3, 0.4) is 0 Å². The highest BCUT2D eigenvalue weighted by Gasteiger charge is 2.35. The maximum absolute atomic E-state index is 12.8. The largest absolute Gasteiger partial charge is 0.748 e. The number of hydrogen-bond acceptors (Lipinski definition) is 7. The van der Waals surface area contributed by atoms with E-state index in [0.717, 1.165) is 50.3 Å². The molecule has 11 heteroatoms.